The molecule has 246 valence electrons. The standard InChI is InChI=1S/C48H28N4O/c1-2-13-30(14-3-1)45-35-17-6-9-19-38(35)49-48(50-45)52-40-26-27-42-44(36-18-8-11-21-41(36)53-42)43(40)37-25-24-34-33-16-7-10-20-39(33)51(46(34)47(37)52)32-23-22-29-12-4-5-15-31(29)28-32/h1-28H. The molecule has 0 aliphatic heterocycles. The number of rotatable bonds is 3. The van der Waals surface area contributed by atoms with Crippen LogP contribution in [0.15, 0.2) is 174 Å². The summed E-state index contributed by atoms with van der Waals surface area (Å²) in [4.78, 5) is 10.8. The topological polar surface area (TPSA) is 48.8 Å². The van der Waals surface area contributed by atoms with E-state index in [9.17, 15) is 0 Å². The highest BCUT2D eigenvalue weighted by Crippen LogP contribution is 2.45. The lowest BCUT2D eigenvalue weighted by Gasteiger charge is -2.14. The Morgan fingerprint density at radius 1 is 0.415 bits per heavy atom. The van der Waals surface area contributed by atoms with Crippen LogP contribution >= 0.6 is 0 Å². The molecule has 0 bridgehead atoms. The van der Waals surface area contributed by atoms with Gasteiger partial charge in [-0.15, -0.1) is 0 Å². The van der Waals surface area contributed by atoms with E-state index in [1.807, 2.05) is 12.1 Å². The van der Waals surface area contributed by atoms with Gasteiger partial charge in [-0.2, -0.15) is 0 Å². The Hall–Kier alpha value is -7.24. The third-order valence-electron chi connectivity index (χ3n) is 10.9. The minimum absolute atomic E-state index is 0.623. The van der Waals surface area contributed by atoms with Crippen LogP contribution in [0.5, 0.6) is 0 Å². The van der Waals surface area contributed by atoms with Gasteiger partial charge in [-0.25, -0.2) is 9.97 Å². The van der Waals surface area contributed by atoms with Crippen molar-refractivity contribution in [3.05, 3.63) is 170 Å². The molecule has 0 fully saturated rings. The van der Waals surface area contributed by atoms with Gasteiger partial charge in [0, 0.05) is 49.0 Å². The molecule has 12 rings (SSSR count). The van der Waals surface area contributed by atoms with E-state index in [1.54, 1.807) is 0 Å². The fourth-order valence-corrected chi connectivity index (χ4v) is 8.63. The number of hydrogen-bond donors (Lipinski definition) is 0. The third kappa shape index (κ3) is 3.96. The number of para-hydroxylation sites is 3. The maximum Gasteiger partial charge on any atom is 0.235 e. The number of hydrogen-bond acceptors (Lipinski definition) is 3. The van der Waals surface area contributed by atoms with Crippen LogP contribution < -0.4 is 0 Å². The zero-order chi connectivity index (χ0) is 34.6. The number of aromatic nitrogens is 4. The highest BCUT2D eigenvalue weighted by Gasteiger charge is 2.25. The summed E-state index contributed by atoms with van der Waals surface area (Å²) >= 11 is 0. The lowest BCUT2D eigenvalue weighted by molar-refractivity contribution is 0.669. The van der Waals surface area contributed by atoms with Crippen molar-refractivity contribution in [1.82, 2.24) is 19.1 Å². The van der Waals surface area contributed by atoms with Crippen molar-refractivity contribution in [2.75, 3.05) is 0 Å². The van der Waals surface area contributed by atoms with Crippen molar-refractivity contribution in [3.8, 4) is 22.9 Å². The highest BCUT2D eigenvalue weighted by molar-refractivity contribution is 6.31. The second-order valence-corrected chi connectivity index (χ2v) is 13.8. The first kappa shape index (κ1) is 28.5. The molecule has 0 amide bonds. The molecule has 0 saturated carbocycles. The third-order valence-corrected chi connectivity index (χ3v) is 10.9. The van der Waals surface area contributed by atoms with Crippen LogP contribution in [-0.4, -0.2) is 19.1 Å². The number of benzene rings is 8. The first-order valence-electron chi connectivity index (χ1n) is 17.9. The Labute approximate surface area is 302 Å². The Kier molecular flexibility index (Phi) is 5.71. The Balaban J connectivity index is 1.33. The van der Waals surface area contributed by atoms with Crippen LogP contribution in [0.3, 0.4) is 0 Å². The van der Waals surface area contributed by atoms with Gasteiger partial charge in [-0.3, -0.25) is 4.57 Å². The zero-order valence-electron chi connectivity index (χ0n) is 28.4. The van der Waals surface area contributed by atoms with Gasteiger partial charge in [-0.1, -0.05) is 127 Å². The number of furan rings is 1. The Morgan fingerprint density at radius 2 is 1.13 bits per heavy atom. The van der Waals surface area contributed by atoms with E-state index in [-0.39, 0.29) is 0 Å². The summed E-state index contributed by atoms with van der Waals surface area (Å²) in [5, 5.41) is 10.2. The van der Waals surface area contributed by atoms with E-state index >= 15 is 0 Å². The van der Waals surface area contributed by atoms with Gasteiger partial charge in [0.15, 0.2) is 0 Å². The molecule has 0 radical (unpaired) electrons. The summed E-state index contributed by atoms with van der Waals surface area (Å²) in [6, 6.07) is 60.0. The summed E-state index contributed by atoms with van der Waals surface area (Å²) < 4.78 is 11.2. The monoisotopic (exact) mass is 676 g/mol. The lowest BCUT2D eigenvalue weighted by Crippen LogP contribution is -2.04. The summed E-state index contributed by atoms with van der Waals surface area (Å²) in [7, 11) is 0. The van der Waals surface area contributed by atoms with Crippen molar-refractivity contribution in [2.45, 2.75) is 0 Å². The molecule has 5 nitrogen and oxygen atoms in total. The summed E-state index contributed by atoms with van der Waals surface area (Å²) in [5.41, 5.74) is 9.99. The molecule has 4 aromatic heterocycles. The molecule has 0 saturated heterocycles. The first-order valence-corrected chi connectivity index (χ1v) is 17.9. The summed E-state index contributed by atoms with van der Waals surface area (Å²) in [6.07, 6.45) is 0. The van der Waals surface area contributed by atoms with E-state index in [4.69, 9.17) is 14.4 Å². The SMILES string of the molecule is c1ccc(-c2nc(-n3c4ccc5oc6ccccc6c5c4c4ccc5c6ccccc6n(-c6ccc7ccccc7c6)c5c43)nc3ccccc23)cc1. The van der Waals surface area contributed by atoms with E-state index in [0.717, 1.165) is 82.6 Å². The van der Waals surface area contributed by atoms with Crippen LogP contribution in [0.2, 0.25) is 0 Å². The molecule has 0 aliphatic rings. The van der Waals surface area contributed by atoms with E-state index < -0.39 is 0 Å². The molecule has 0 spiro atoms. The molecule has 5 heteroatoms. The first-order chi connectivity index (χ1) is 26.3. The molecule has 53 heavy (non-hydrogen) atoms. The fraction of sp³-hybridized carbons (Fsp3) is 0. The molecule has 8 aromatic carbocycles. The predicted molar refractivity (Wildman–Crippen MR) is 218 cm³/mol. The van der Waals surface area contributed by atoms with Crippen LogP contribution in [0, 0.1) is 0 Å². The molecule has 0 N–H and O–H groups in total. The Morgan fingerprint density at radius 3 is 2.04 bits per heavy atom. The Bertz CT molecular complexity index is 3460. The summed E-state index contributed by atoms with van der Waals surface area (Å²) in [6.45, 7) is 0. The van der Waals surface area contributed by atoms with Crippen LogP contribution in [0.25, 0.3) is 110 Å². The second-order valence-electron chi connectivity index (χ2n) is 13.8. The molecule has 0 unspecified atom stereocenters. The van der Waals surface area contributed by atoms with Crippen LogP contribution in [0.4, 0.5) is 0 Å². The van der Waals surface area contributed by atoms with E-state index in [0.29, 0.717) is 5.95 Å². The van der Waals surface area contributed by atoms with Gasteiger partial charge in [-0.05, 0) is 53.2 Å². The van der Waals surface area contributed by atoms with Gasteiger partial charge in [0.1, 0.15) is 11.2 Å². The molecular formula is C48H28N4O. The predicted octanol–water partition coefficient (Wildman–Crippen LogP) is 12.5. The van der Waals surface area contributed by atoms with Crippen molar-refractivity contribution in [1.29, 1.82) is 0 Å². The minimum atomic E-state index is 0.623. The van der Waals surface area contributed by atoms with Crippen LogP contribution in [0.1, 0.15) is 0 Å². The normalized spacial score (nSPS) is 12.2. The maximum atomic E-state index is 6.48. The molecule has 12 aromatic rings. The highest BCUT2D eigenvalue weighted by atomic mass is 16.3. The average molecular weight is 677 g/mol. The second kappa shape index (κ2) is 10.6. The van der Waals surface area contributed by atoms with E-state index in [2.05, 4.69) is 167 Å². The van der Waals surface area contributed by atoms with Crippen molar-refractivity contribution in [2.24, 2.45) is 0 Å². The zero-order valence-corrected chi connectivity index (χ0v) is 28.4. The number of fused-ring (bicyclic) bond motifs is 13. The molecular weight excluding hydrogens is 649 g/mol. The van der Waals surface area contributed by atoms with Gasteiger partial charge in [0.25, 0.3) is 0 Å². The van der Waals surface area contributed by atoms with Gasteiger partial charge in [0.2, 0.25) is 5.95 Å². The van der Waals surface area contributed by atoms with Crippen molar-refractivity contribution < 1.29 is 4.42 Å². The molecule has 4 heterocycles. The van der Waals surface area contributed by atoms with Crippen molar-refractivity contribution >= 4 is 87.2 Å². The largest absolute Gasteiger partial charge is 0.456 e. The van der Waals surface area contributed by atoms with Gasteiger partial charge in [0.05, 0.1) is 33.3 Å². The molecule has 0 atom stereocenters. The van der Waals surface area contributed by atoms with E-state index in [1.165, 1.54) is 21.5 Å². The lowest BCUT2D eigenvalue weighted by atomic mass is 10.0. The minimum Gasteiger partial charge on any atom is -0.456 e. The maximum absolute atomic E-state index is 6.48. The quantitative estimate of drug-likeness (QED) is 0.187. The van der Waals surface area contributed by atoms with Gasteiger partial charge >= 0.3 is 0 Å². The smallest absolute Gasteiger partial charge is 0.235 e. The summed E-state index contributed by atoms with van der Waals surface area (Å²) in [5.74, 6) is 0.623. The van der Waals surface area contributed by atoms with Crippen LogP contribution in [-0.2, 0) is 0 Å². The van der Waals surface area contributed by atoms with Gasteiger partial charge < -0.3 is 8.98 Å². The average Bonchev–Trinajstić information content (AvgIpc) is 3.88. The fourth-order valence-electron chi connectivity index (χ4n) is 8.63. The van der Waals surface area contributed by atoms with Crippen molar-refractivity contribution in [3.63, 3.8) is 0 Å². The molecule has 0 aliphatic carbocycles. The number of nitrogens with zero attached hydrogens (tertiary/aromatic N) is 4.